The van der Waals surface area contributed by atoms with Gasteiger partial charge in [-0.3, -0.25) is 9.59 Å². The number of benzene rings is 1. The lowest BCUT2D eigenvalue weighted by Gasteiger charge is -2.43. The molecule has 150 valence electrons. The van der Waals surface area contributed by atoms with Gasteiger partial charge in [0, 0.05) is 24.3 Å². The van der Waals surface area contributed by atoms with Crippen LogP contribution in [0.3, 0.4) is 0 Å². The monoisotopic (exact) mass is 388 g/mol. The third-order valence-electron chi connectivity index (χ3n) is 4.92. The molecule has 0 aliphatic carbocycles. The number of hydrogen-bond acceptors (Lipinski definition) is 7. The Hall–Kier alpha value is -2.67. The van der Waals surface area contributed by atoms with Crippen molar-refractivity contribution >= 4 is 22.7 Å². The maximum Gasteiger partial charge on any atom is 0.336 e. The van der Waals surface area contributed by atoms with Gasteiger partial charge in [0.05, 0.1) is 12.2 Å². The molecule has 2 aromatic rings. The molecule has 2 heterocycles. The Morgan fingerprint density at radius 2 is 1.86 bits per heavy atom. The van der Waals surface area contributed by atoms with Crippen LogP contribution in [-0.4, -0.2) is 30.1 Å². The van der Waals surface area contributed by atoms with Crippen LogP contribution in [0.2, 0.25) is 0 Å². The van der Waals surface area contributed by atoms with E-state index < -0.39 is 29.4 Å². The summed E-state index contributed by atoms with van der Waals surface area (Å²) in [5.74, 6) is -0.356. The third kappa shape index (κ3) is 3.80. The van der Waals surface area contributed by atoms with E-state index in [1.807, 2.05) is 0 Å². The molecule has 1 aromatic carbocycles. The second kappa shape index (κ2) is 7.39. The largest absolute Gasteiger partial charge is 0.483 e. The minimum Gasteiger partial charge on any atom is -0.483 e. The highest BCUT2D eigenvalue weighted by Crippen LogP contribution is 2.46. The van der Waals surface area contributed by atoms with Gasteiger partial charge in [-0.2, -0.15) is 0 Å². The summed E-state index contributed by atoms with van der Waals surface area (Å²) in [5.41, 5.74) is -0.591. The normalized spacial score (nSPS) is 21.5. The Bertz CT molecular complexity index is 972. The molecule has 0 amide bonds. The Labute approximate surface area is 162 Å². The number of rotatable bonds is 5. The van der Waals surface area contributed by atoms with Crippen molar-refractivity contribution in [3.8, 4) is 5.75 Å². The van der Waals surface area contributed by atoms with Crippen molar-refractivity contribution in [3.63, 3.8) is 0 Å². The molecule has 0 fully saturated rings. The van der Waals surface area contributed by atoms with Crippen LogP contribution in [0.4, 0.5) is 0 Å². The van der Waals surface area contributed by atoms with Gasteiger partial charge in [0.1, 0.15) is 28.8 Å². The topological polar surface area (TPSA) is 92.0 Å². The third-order valence-corrected chi connectivity index (χ3v) is 4.92. The van der Waals surface area contributed by atoms with E-state index in [0.717, 1.165) is 0 Å². The fourth-order valence-electron chi connectivity index (χ4n) is 3.27. The first-order valence-corrected chi connectivity index (χ1v) is 9.15. The summed E-state index contributed by atoms with van der Waals surface area (Å²) < 4.78 is 23.2. The predicted octanol–water partition coefficient (Wildman–Crippen LogP) is 3.18. The maximum absolute atomic E-state index is 11.8. The maximum atomic E-state index is 11.8. The number of ketones is 1. The van der Waals surface area contributed by atoms with Crippen molar-refractivity contribution in [2.24, 2.45) is 5.92 Å². The van der Waals surface area contributed by atoms with Gasteiger partial charge in [-0.05, 0) is 39.0 Å². The molecule has 0 spiro atoms. The minimum atomic E-state index is -0.897. The van der Waals surface area contributed by atoms with Crippen LogP contribution in [0.15, 0.2) is 33.5 Å². The lowest BCUT2D eigenvalue weighted by Crippen LogP contribution is -2.52. The van der Waals surface area contributed by atoms with Crippen molar-refractivity contribution in [2.45, 2.75) is 52.4 Å². The molecule has 0 radical (unpaired) electrons. The van der Waals surface area contributed by atoms with Gasteiger partial charge in [-0.15, -0.1) is 0 Å². The molecule has 1 aliphatic rings. The first kappa shape index (κ1) is 20.1. The molecule has 1 aliphatic heterocycles. The van der Waals surface area contributed by atoms with Gasteiger partial charge >= 0.3 is 11.6 Å². The van der Waals surface area contributed by atoms with Crippen LogP contribution >= 0.6 is 0 Å². The van der Waals surface area contributed by atoms with Crippen LogP contribution in [0.25, 0.3) is 11.0 Å². The molecule has 0 N–H and O–H groups in total. The van der Waals surface area contributed by atoms with E-state index in [1.165, 1.54) is 19.9 Å². The number of ether oxygens (including phenoxy) is 3. The molecule has 3 rings (SSSR count). The summed E-state index contributed by atoms with van der Waals surface area (Å²) in [7, 11) is 0. The number of carbonyl (C=O) groups excluding carboxylic acids is 2. The molecule has 3 unspecified atom stereocenters. The molecule has 28 heavy (non-hydrogen) atoms. The van der Waals surface area contributed by atoms with E-state index >= 15 is 0 Å². The molecular weight excluding hydrogens is 364 g/mol. The Morgan fingerprint density at radius 3 is 2.50 bits per heavy atom. The van der Waals surface area contributed by atoms with Gasteiger partial charge in [-0.25, -0.2) is 4.79 Å². The van der Waals surface area contributed by atoms with Gasteiger partial charge in [0.25, 0.3) is 0 Å². The number of Topliss-reactive ketones (excluding diaryl/α,β-unsaturated/α-hetero) is 1. The van der Waals surface area contributed by atoms with Crippen molar-refractivity contribution in [1.29, 1.82) is 0 Å². The predicted molar refractivity (Wildman–Crippen MR) is 101 cm³/mol. The molecule has 7 heteroatoms. The first-order valence-electron chi connectivity index (χ1n) is 9.15. The zero-order valence-electron chi connectivity index (χ0n) is 16.6. The number of esters is 1. The van der Waals surface area contributed by atoms with E-state index in [0.29, 0.717) is 22.3 Å². The highest BCUT2D eigenvalue weighted by molar-refractivity contribution is 5.83. The second-order valence-corrected chi connectivity index (χ2v) is 7.65. The SMILES string of the molecule is CC(=O)OC1C(OCC(C)C(C)=O)c2c(ccc3ccc(=O)oc23)OC1(C)C. The summed E-state index contributed by atoms with van der Waals surface area (Å²) in [4.78, 5) is 35.3. The molecule has 0 bridgehead atoms. The van der Waals surface area contributed by atoms with E-state index in [-0.39, 0.29) is 18.3 Å². The molecule has 7 nitrogen and oxygen atoms in total. The molecule has 1 aromatic heterocycles. The average molecular weight is 388 g/mol. The number of carbonyl (C=O) groups is 2. The number of hydrogen-bond donors (Lipinski definition) is 0. The molecular formula is C21H24O7. The number of fused-ring (bicyclic) bond motifs is 3. The smallest absolute Gasteiger partial charge is 0.336 e. The van der Waals surface area contributed by atoms with Crippen LogP contribution < -0.4 is 10.4 Å². The zero-order valence-corrected chi connectivity index (χ0v) is 16.6. The Morgan fingerprint density at radius 1 is 1.18 bits per heavy atom. The van der Waals surface area contributed by atoms with Gasteiger partial charge in [-0.1, -0.05) is 6.92 Å². The van der Waals surface area contributed by atoms with Crippen molar-refractivity contribution < 1.29 is 28.2 Å². The van der Waals surface area contributed by atoms with Gasteiger partial charge < -0.3 is 18.6 Å². The van der Waals surface area contributed by atoms with Crippen molar-refractivity contribution in [3.05, 3.63) is 40.2 Å². The minimum absolute atomic E-state index is 0.0139. The van der Waals surface area contributed by atoms with Gasteiger partial charge in [0.2, 0.25) is 0 Å². The first-order chi connectivity index (χ1) is 13.1. The fraction of sp³-hybridized carbons (Fsp3) is 0.476. The van der Waals surface area contributed by atoms with E-state index in [4.69, 9.17) is 18.6 Å². The summed E-state index contributed by atoms with van der Waals surface area (Å²) in [6.07, 6.45) is -1.56. The summed E-state index contributed by atoms with van der Waals surface area (Å²) in [5, 5.41) is 0.691. The molecule has 3 atom stereocenters. The molecule has 0 saturated carbocycles. The zero-order chi connectivity index (χ0) is 20.6. The Kier molecular flexibility index (Phi) is 5.30. The Balaban J connectivity index is 2.17. The second-order valence-electron chi connectivity index (χ2n) is 7.65. The lowest BCUT2D eigenvalue weighted by molar-refractivity contribution is -0.183. The van der Waals surface area contributed by atoms with E-state index in [1.54, 1.807) is 39.0 Å². The highest BCUT2D eigenvalue weighted by atomic mass is 16.6. The quantitative estimate of drug-likeness (QED) is 0.574. The van der Waals surface area contributed by atoms with Crippen LogP contribution in [0.5, 0.6) is 5.75 Å². The molecule has 0 saturated heterocycles. The van der Waals surface area contributed by atoms with E-state index in [2.05, 4.69) is 0 Å². The highest BCUT2D eigenvalue weighted by Gasteiger charge is 2.48. The van der Waals surface area contributed by atoms with E-state index in [9.17, 15) is 14.4 Å². The summed E-state index contributed by atoms with van der Waals surface area (Å²) in [6, 6.07) is 6.54. The average Bonchev–Trinajstić information content (AvgIpc) is 2.60. The van der Waals surface area contributed by atoms with Crippen LogP contribution in [0, 0.1) is 5.92 Å². The van der Waals surface area contributed by atoms with Crippen LogP contribution in [0.1, 0.15) is 46.3 Å². The summed E-state index contributed by atoms with van der Waals surface area (Å²) >= 11 is 0. The lowest BCUT2D eigenvalue weighted by atomic mass is 9.87. The summed E-state index contributed by atoms with van der Waals surface area (Å²) in [6.45, 7) is 8.27. The fourth-order valence-corrected chi connectivity index (χ4v) is 3.27. The van der Waals surface area contributed by atoms with Crippen molar-refractivity contribution in [1.82, 2.24) is 0 Å². The standard InChI is InChI=1S/C21H24O7/c1-11(12(2)22)10-25-19-17-15(28-21(4,5)20(19)26-13(3)23)8-6-14-7-9-16(24)27-18(14)17/h6-9,11,19-20H,10H2,1-5H3. The van der Waals surface area contributed by atoms with Crippen molar-refractivity contribution in [2.75, 3.05) is 6.61 Å². The van der Waals surface area contributed by atoms with Crippen LogP contribution in [-0.2, 0) is 19.1 Å². The van der Waals surface area contributed by atoms with Gasteiger partial charge in [0.15, 0.2) is 6.10 Å².